The molecule has 4 aromatic rings. The van der Waals surface area contributed by atoms with Crippen LogP contribution in [0.15, 0.2) is 84.2 Å². The number of hydrogen-bond acceptors (Lipinski definition) is 5. The summed E-state index contributed by atoms with van der Waals surface area (Å²) >= 11 is 1.52. The Balaban J connectivity index is 1.19. The number of nitrogens with zero attached hydrogens (tertiary/aromatic N) is 3. The predicted molar refractivity (Wildman–Crippen MR) is 169 cm³/mol. The number of hydrogen-bond donors (Lipinski definition) is 1. The Hall–Kier alpha value is -3.39. The van der Waals surface area contributed by atoms with Crippen LogP contribution >= 0.6 is 11.3 Å². The lowest BCUT2D eigenvalue weighted by Crippen LogP contribution is -2.44. The number of piperidine rings is 1. The van der Waals surface area contributed by atoms with Gasteiger partial charge in [0.2, 0.25) is 0 Å². The number of thiazole rings is 1. The van der Waals surface area contributed by atoms with E-state index in [0.717, 1.165) is 49.6 Å². The number of nitrogens with one attached hydrogen (secondary N) is 1. The van der Waals surface area contributed by atoms with Crippen molar-refractivity contribution in [1.29, 1.82) is 0 Å². The molecule has 220 valence electrons. The summed E-state index contributed by atoms with van der Waals surface area (Å²) in [6.45, 7) is 11.5. The van der Waals surface area contributed by atoms with E-state index in [9.17, 15) is 9.18 Å². The second-order valence-electron chi connectivity index (χ2n) is 12.4. The normalized spacial score (nSPS) is 14.8. The van der Waals surface area contributed by atoms with Crippen LogP contribution in [0.3, 0.4) is 0 Å². The van der Waals surface area contributed by atoms with Gasteiger partial charge in [-0.05, 0) is 52.6 Å². The summed E-state index contributed by atoms with van der Waals surface area (Å²) < 4.78 is 13.5. The van der Waals surface area contributed by atoms with Gasteiger partial charge >= 0.3 is 0 Å². The van der Waals surface area contributed by atoms with E-state index in [1.54, 1.807) is 0 Å². The summed E-state index contributed by atoms with van der Waals surface area (Å²) in [5.74, 6) is -0.331. The van der Waals surface area contributed by atoms with Crippen molar-refractivity contribution in [2.24, 2.45) is 0 Å². The lowest BCUT2D eigenvalue weighted by Gasteiger charge is -2.32. The number of likely N-dealkylation sites (tertiary alicyclic amines) is 1. The molecule has 2 heterocycles. The fourth-order valence-electron chi connectivity index (χ4n) is 5.40. The van der Waals surface area contributed by atoms with Crippen LogP contribution in [0.5, 0.6) is 0 Å². The van der Waals surface area contributed by atoms with Crippen LogP contribution in [0.2, 0.25) is 0 Å². The van der Waals surface area contributed by atoms with E-state index < -0.39 is 0 Å². The molecule has 1 fully saturated rings. The van der Waals surface area contributed by atoms with Crippen LogP contribution in [-0.4, -0.2) is 39.8 Å². The van der Waals surface area contributed by atoms with Crippen molar-refractivity contribution < 1.29 is 9.18 Å². The molecule has 0 bridgehead atoms. The molecule has 1 aliphatic heterocycles. The molecule has 0 radical (unpaired) electrons. The minimum Gasteiger partial charge on any atom is -0.348 e. The van der Waals surface area contributed by atoms with Gasteiger partial charge in [-0.3, -0.25) is 14.6 Å². The number of rotatable bonds is 10. The highest BCUT2D eigenvalue weighted by Crippen LogP contribution is 2.24. The van der Waals surface area contributed by atoms with E-state index in [1.165, 1.54) is 40.2 Å². The molecule has 3 aromatic carbocycles. The topological polar surface area (TPSA) is 48.5 Å². The van der Waals surface area contributed by atoms with E-state index in [2.05, 4.69) is 84.4 Å². The Labute approximate surface area is 253 Å². The van der Waals surface area contributed by atoms with Crippen LogP contribution in [0.1, 0.15) is 71.4 Å². The molecule has 1 amide bonds. The van der Waals surface area contributed by atoms with E-state index in [4.69, 9.17) is 4.98 Å². The monoisotopic (exact) mass is 584 g/mol. The lowest BCUT2D eigenvalue weighted by atomic mass is 9.87. The van der Waals surface area contributed by atoms with Gasteiger partial charge in [0, 0.05) is 44.1 Å². The quantitative estimate of drug-likeness (QED) is 0.215. The summed E-state index contributed by atoms with van der Waals surface area (Å²) in [6, 6.07) is 26.1. The Morgan fingerprint density at radius 3 is 2.14 bits per heavy atom. The fraction of sp³-hybridized carbons (Fsp3) is 0.371. The average molecular weight is 585 g/mol. The molecule has 1 saturated heterocycles. The number of benzene rings is 3. The van der Waals surface area contributed by atoms with Crippen molar-refractivity contribution >= 4 is 17.2 Å². The molecule has 5 rings (SSSR count). The fourth-order valence-corrected chi connectivity index (χ4v) is 6.22. The van der Waals surface area contributed by atoms with Gasteiger partial charge in [-0.2, -0.15) is 0 Å². The highest BCUT2D eigenvalue weighted by molar-refractivity contribution is 7.09. The second-order valence-corrected chi connectivity index (χ2v) is 13.3. The van der Waals surface area contributed by atoms with E-state index in [0.29, 0.717) is 18.8 Å². The minimum absolute atomic E-state index is 0.0955. The maximum Gasteiger partial charge on any atom is 0.270 e. The zero-order chi connectivity index (χ0) is 29.5. The third kappa shape index (κ3) is 8.57. The Morgan fingerprint density at radius 2 is 1.52 bits per heavy atom. The molecule has 0 aliphatic carbocycles. The summed E-state index contributed by atoms with van der Waals surface area (Å²) in [6.07, 6.45) is 1.88. The van der Waals surface area contributed by atoms with Crippen molar-refractivity contribution in [2.45, 2.75) is 71.2 Å². The van der Waals surface area contributed by atoms with Crippen LogP contribution in [0, 0.1) is 5.82 Å². The molecule has 0 saturated carbocycles. The molecule has 1 N–H and O–H groups in total. The largest absolute Gasteiger partial charge is 0.348 e. The third-order valence-electron chi connectivity index (χ3n) is 7.86. The Kier molecular flexibility index (Phi) is 9.83. The predicted octanol–water partition coefficient (Wildman–Crippen LogP) is 7.18. The first-order valence-electron chi connectivity index (χ1n) is 14.8. The van der Waals surface area contributed by atoms with Crippen molar-refractivity contribution in [3.8, 4) is 0 Å². The SMILES string of the molecule is CC(C)(C)c1ccc(CN(Cc2ccc(F)cc2)Cc2nc(C(=O)NC3CCN(Cc4ccccc4)CC3)cs2)cc1. The van der Waals surface area contributed by atoms with Gasteiger partial charge in [0.1, 0.15) is 16.5 Å². The van der Waals surface area contributed by atoms with E-state index in [-0.39, 0.29) is 23.2 Å². The molecule has 1 aromatic heterocycles. The molecule has 42 heavy (non-hydrogen) atoms. The molecule has 0 spiro atoms. The molecule has 0 atom stereocenters. The van der Waals surface area contributed by atoms with E-state index in [1.807, 2.05) is 23.6 Å². The van der Waals surface area contributed by atoms with Crippen LogP contribution in [0.25, 0.3) is 0 Å². The van der Waals surface area contributed by atoms with Crippen molar-refractivity contribution in [1.82, 2.24) is 20.1 Å². The number of amides is 1. The van der Waals surface area contributed by atoms with Gasteiger partial charge < -0.3 is 5.32 Å². The first-order valence-corrected chi connectivity index (χ1v) is 15.7. The van der Waals surface area contributed by atoms with Crippen molar-refractivity contribution in [3.63, 3.8) is 0 Å². The van der Waals surface area contributed by atoms with E-state index >= 15 is 0 Å². The van der Waals surface area contributed by atoms with Gasteiger partial charge in [-0.15, -0.1) is 11.3 Å². The van der Waals surface area contributed by atoms with Crippen LogP contribution in [0.4, 0.5) is 4.39 Å². The smallest absolute Gasteiger partial charge is 0.270 e. The lowest BCUT2D eigenvalue weighted by molar-refractivity contribution is 0.0904. The van der Waals surface area contributed by atoms with Crippen molar-refractivity contribution in [2.75, 3.05) is 13.1 Å². The van der Waals surface area contributed by atoms with Gasteiger partial charge in [0.25, 0.3) is 5.91 Å². The summed E-state index contributed by atoms with van der Waals surface area (Å²) in [5.41, 5.74) is 5.45. The first kappa shape index (κ1) is 30.1. The Morgan fingerprint density at radius 1 is 0.905 bits per heavy atom. The standard InChI is InChI=1S/C35H41FN4OS/c1-35(2,3)29-13-9-27(10-14-29)22-40(23-28-11-15-30(36)16-12-28)24-33-38-32(25-42-33)34(41)37-31-17-19-39(20-18-31)21-26-7-5-4-6-8-26/h4-16,25,31H,17-24H2,1-3H3,(H,37,41). The zero-order valence-corrected chi connectivity index (χ0v) is 25.7. The Bertz CT molecular complexity index is 1420. The highest BCUT2D eigenvalue weighted by atomic mass is 32.1. The molecule has 1 aliphatic rings. The average Bonchev–Trinajstić information content (AvgIpc) is 3.44. The maximum atomic E-state index is 13.5. The van der Waals surface area contributed by atoms with Gasteiger partial charge in [0.15, 0.2) is 0 Å². The highest BCUT2D eigenvalue weighted by Gasteiger charge is 2.23. The second kappa shape index (κ2) is 13.7. The first-order chi connectivity index (χ1) is 20.2. The number of aromatic nitrogens is 1. The van der Waals surface area contributed by atoms with Crippen molar-refractivity contribution in [3.05, 3.63) is 123 Å². The minimum atomic E-state index is -0.236. The molecule has 5 nitrogen and oxygen atoms in total. The summed E-state index contributed by atoms with van der Waals surface area (Å²) in [7, 11) is 0. The summed E-state index contributed by atoms with van der Waals surface area (Å²) in [5, 5.41) is 5.98. The van der Waals surface area contributed by atoms with Gasteiger partial charge in [-0.1, -0.05) is 87.5 Å². The molecule has 7 heteroatoms. The van der Waals surface area contributed by atoms with Gasteiger partial charge in [-0.25, -0.2) is 9.37 Å². The molecular weight excluding hydrogens is 543 g/mol. The number of halogens is 1. The number of carbonyl (C=O) groups excluding carboxylic acids is 1. The molecule has 0 unspecified atom stereocenters. The zero-order valence-electron chi connectivity index (χ0n) is 24.9. The van der Waals surface area contributed by atoms with Crippen LogP contribution < -0.4 is 5.32 Å². The maximum absolute atomic E-state index is 13.5. The van der Waals surface area contributed by atoms with Crippen LogP contribution in [-0.2, 0) is 31.6 Å². The number of carbonyl (C=O) groups is 1. The van der Waals surface area contributed by atoms with Gasteiger partial charge in [0.05, 0.1) is 6.54 Å². The summed E-state index contributed by atoms with van der Waals surface area (Å²) in [4.78, 5) is 22.5. The third-order valence-corrected chi connectivity index (χ3v) is 8.69. The molecular formula is C35H41FN4OS.